The number of nitrogens with one attached hydrogen (secondary N) is 2. The van der Waals surface area contributed by atoms with E-state index in [4.69, 9.17) is 0 Å². The molecule has 0 atom stereocenters. The average Bonchev–Trinajstić information content (AvgIpc) is 3.08. The third-order valence-corrected chi connectivity index (χ3v) is 4.13. The largest absolute Gasteiger partial charge is 0.356 e. The second kappa shape index (κ2) is 10.4. The van der Waals surface area contributed by atoms with Crippen LogP contribution in [-0.4, -0.2) is 60.8 Å². The molecule has 0 spiro atoms. The molecule has 1 aromatic carbocycles. The number of aryl methyl sites for hydroxylation is 2. The molecule has 1 heterocycles. The smallest absolute Gasteiger partial charge is 0.253 e. The van der Waals surface area contributed by atoms with Gasteiger partial charge in [-0.05, 0) is 43.0 Å². The molecule has 0 bridgehead atoms. The van der Waals surface area contributed by atoms with E-state index in [1.165, 1.54) is 5.56 Å². The minimum atomic E-state index is 0.0228. The number of carbonyl (C=O) groups is 1. The molecule has 7 nitrogen and oxygen atoms in total. The van der Waals surface area contributed by atoms with Crippen molar-refractivity contribution in [2.45, 2.75) is 26.3 Å². The van der Waals surface area contributed by atoms with Crippen molar-refractivity contribution in [2.24, 2.45) is 4.99 Å². The highest BCUT2D eigenvalue weighted by Crippen LogP contribution is 2.07. The number of nitrogens with zero attached hydrogens (tertiary/aromatic N) is 4. The molecule has 0 aliphatic rings. The Bertz CT molecular complexity index is 765. The summed E-state index contributed by atoms with van der Waals surface area (Å²) in [5, 5.41) is 10.9. The van der Waals surface area contributed by atoms with Crippen LogP contribution in [-0.2, 0) is 13.0 Å². The van der Waals surface area contributed by atoms with Gasteiger partial charge < -0.3 is 15.5 Å². The fraction of sp³-hybridized carbons (Fsp3) is 0.450. The Morgan fingerprint density at radius 3 is 2.70 bits per heavy atom. The Labute approximate surface area is 161 Å². The van der Waals surface area contributed by atoms with Crippen LogP contribution in [0.4, 0.5) is 0 Å². The molecule has 2 rings (SSSR count). The molecule has 27 heavy (non-hydrogen) atoms. The van der Waals surface area contributed by atoms with Gasteiger partial charge in [0, 0.05) is 52.5 Å². The maximum atomic E-state index is 12.1. The SMILES string of the molecule is CN=C(NCCCn1cc(C)cn1)NCCc1cccc(C(=O)N(C)C)c1. The van der Waals surface area contributed by atoms with Crippen molar-refractivity contribution in [1.29, 1.82) is 0 Å². The lowest BCUT2D eigenvalue weighted by Gasteiger charge is -2.13. The summed E-state index contributed by atoms with van der Waals surface area (Å²) in [6.07, 6.45) is 5.70. The van der Waals surface area contributed by atoms with Crippen molar-refractivity contribution in [2.75, 3.05) is 34.2 Å². The Kier molecular flexibility index (Phi) is 7.85. The van der Waals surface area contributed by atoms with Gasteiger partial charge in [-0.1, -0.05) is 12.1 Å². The van der Waals surface area contributed by atoms with Gasteiger partial charge in [-0.25, -0.2) is 0 Å². The summed E-state index contributed by atoms with van der Waals surface area (Å²) in [7, 11) is 5.29. The van der Waals surface area contributed by atoms with Crippen molar-refractivity contribution >= 4 is 11.9 Å². The molecule has 0 fully saturated rings. The van der Waals surface area contributed by atoms with E-state index < -0.39 is 0 Å². The molecule has 0 unspecified atom stereocenters. The Hall–Kier alpha value is -2.83. The van der Waals surface area contributed by atoms with E-state index in [0.717, 1.165) is 44.0 Å². The minimum Gasteiger partial charge on any atom is -0.356 e. The highest BCUT2D eigenvalue weighted by molar-refractivity contribution is 5.94. The number of amides is 1. The monoisotopic (exact) mass is 370 g/mol. The molecule has 0 aliphatic carbocycles. The summed E-state index contributed by atoms with van der Waals surface area (Å²) in [4.78, 5) is 17.9. The molecule has 1 aromatic heterocycles. The normalized spacial score (nSPS) is 11.3. The number of hydrogen-bond acceptors (Lipinski definition) is 3. The van der Waals surface area contributed by atoms with Gasteiger partial charge >= 0.3 is 0 Å². The van der Waals surface area contributed by atoms with Crippen molar-refractivity contribution in [3.8, 4) is 0 Å². The fourth-order valence-corrected chi connectivity index (χ4v) is 2.70. The summed E-state index contributed by atoms with van der Waals surface area (Å²) in [6.45, 7) is 4.49. The molecule has 0 saturated carbocycles. The zero-order valence-corrected chi connectivity index (χ0v) is 16.7. The molecule has 2 N–H and O–H groups in total. The van der Waals surface area contributed by atoms with Gasteiger partial charge in [0.05, 0.1) is 6.20 Å². The highest BCUT2D eigenvalue weighted by atomic mass is 16.2. The van der Waals surface area contributed by atoms with Crippen LogP contribution in [0.3, 0.4) is 0 Å². The molecule has 0 saturated heterocycles. The molecular weight excluding hydrogens is 340 g/mol. The lowest BCUT2D eigenvalue weighted by atomic mass is 10.1. The zero-order chi connectivity index (χ0) is 19.6. The fourth-order valence-electron chi connectivity index (χ4n) is 2.70. The van der Waals surface area contributed by atoms with Crippen LogP contribution in [0.5, 0.6) is 0 Å². The van der Waals surface area contributed by atoms with Crippen molar-refractivity contribution in [3.63, 3.8) is 0 Å². The average molecular weight is 371 g/mol. The molecule has 146 valence electrons. The van der Waals surface area contributed by atoms with Crippen LogP contribution >= 0.6 is 0 Å². The zero-order valence-electron chi connectivity index (χ0n) is 16.7. The van der Waals surface area contributed by atoms with E-state index in [2.05, 4.69) is 20.7 Å². The number of carbonyl (C=O) groups excluding carboxylic acids is 1. The molecule has 7 heteroatoms. The summed E-state index contributed by atoms with van der Waals surface area (Å²) in [6, 6.07) is 7.76. The first-order chi connectivity index (χ1) is 13.0. The van der Waals surface area contributed by atoms with Crippen molar-refractivity contribution in [3.05, 3.63) is 53.3 Å². The summed E-state index contributed by atoms with van der Waals surface area (Å²) < 4.78 is 1.95. The first-order valence-electron chi connectivity index (χ1n) is 9.23. The van der Waals surface area contributed by atoms with Gasteiger partial charge in [0.15, 0.2) is 5.96 Å². The highest BCUT2D eigenvalue weighted by Gasteiger charge is 2.08. The van der Waals surface area contributed by atoms with Gasteiger partial charge in [0.1, 0.15) is 0 Å². The van der Waals surface area contributed by atoms with Crippen LogP contribution in [0, 0.1) is 6.92 Å². The third kappa shape index (κ3) is 6.77. The second-order valence-corrected chi connectivity index (χ2v) is 6.71. The molecular formula is C20H30N6O. The maximum absolute atomic E-state index is 12.1. The molecule has 2 aromatic rings. The summed E-state index contributed by atoms with van der Waals surface area (Å²) in [5.41, 5.74) is 3.02. The topological polar surface area (TPSA) is 74.5 Å². The van der Waals surface area contributed by atoms with Crippen molar-refractivity contribution in [1.82, 2.24) is 25.3 Å². The van der Waals surface area contributed by atoms with Crippen molar-refractivity contribution < 1.29 is 4.79 Å². The van der Waals surface area contributed by atoms with Gasteiger partial charge in [0.2, 0.25) is 0 Å². The van der Waals surface area contributed by atoms with Gasteiger partial charge in [0.25, 0.3) is 5.91 Å². The summed E-state index contributed by atoms with van der Waals surface area (Å²) >= 11 is 0. The number of benzene rings is 1. The van der Waals surface area contributed by atoms with E-state index >= 15 is 0 Å². The first-order valence-corrected chi connectivity index (χ1v) is 9.23. The quantitative estimate of drug-likeness (QED) is 0.421. The van der Waals surface area contributed by atoms with E-state index in [-0.39, 0.29) is 5.91 Å². The van der Waals surface area contributed by atoms with Gasteiger partial charge in [-0.2, -0.15) is 5.10 Å². The van der Waals surface area contributed by atoms with Crippen LogP contribution < -0.4 is 10.6 Å². The lowest BCUT2D eigenvalue weighted by molar-refractivity contribution is 0.0827. The number of guanidine groups is 1. The van der Waals surface area contributed by atoms with Gasteiger partial charge in [-0.3, -0.25) is 14.5 Å². The van der Waals surface area contributed by atoms with E-state index in [9.17, 15) is 4.79 Å². The number of rotatable bonds is 8. The Morgan fingerprint density at radius 1 is 1.26 bits per heavy atom. The molecule has 0 radical (unpaired) electrons. The second-order valence-electron chi connectivity index (χ2n) is 6.71. The number of aliphatic imine (C=N–C) groups is 1. The van der Waals surface area contributed by atoms with Crippen LogP contribution in [0.2, 0.25) is 0 Å². The minimum absolute atomic E-state index is 0.0228. The predicted octanol–water partition coefficient (Wildman–Crippen LogP) is 1.69. The molecule has 0 aliphatic heterocycles. The van der Waals surface area contributed by atoms with Gasteiger partial charge in [-0.15, -0.1) is 0 Å². The standard InChI is InChI=1S/C20H30N6O/c1-16-14-24-26(15-16)12-6-10-22-20(21-2)23-11-9-17-7-5-8-18(13-17)19(27)25(3)4/h5,7-8,13-15H,6,9-12H2,1-4H3,(H2,21,22,23). The number of hydrogen-bond donors (Lipinski definition) is 2. The Balaban J connectivity index is 1.71. The number of aromatic nitrogens is 2. The van der Waals surface area contributed by atoms with Crippen LogP contribution in [0.25, 0.3) is 0 Å². The predicted molar refractivity (Wildman–Crippen MR) is 109 cm³/mol. The lowest BCUT2D eigenvalue weighted by Crippen LogP contribution is -2.39. The summed E-state index contributed by atoms with van der Waals surface area (Å²) in [5.74, 6) is 0.807. The van der Waals surface area contributed by atoms with Crippen LogP contribution in [0.15, 0.2) is 41.7 Å². The maximum Gasteiger partial charge on any atom is 0.253 e. The van der Waals surface area contributed by atoms with Crippen LogP contribution in [0.1, 0.15) is 27.9 Å². The van der Waals surface area contributed by atoms with E-state index in [1.54, 1.807) is 26.0 Å². The van der Waals surface area contributed by atoms with E-state index in [1.807, 2.05) is 48.3 Å². The molecule has 1 amide bonds. The first kappa shape index (κ1) is 20.5. The van der Waals surface area contributed by atoms with E-state index in [0.29, 0.717) is 5.56 Å². The Morgan fingerprint density at radius 2 is 2.04 bits per heavy atom. The third-order valence-electron chi connectivity index (χ3n) is 4.13.